The molecule has 2 aliphatic rings. The fourth-order valence-corrected chi connectivity index (χ4v) is 5.89. The van der Waals surface area contributed by atoms with Crippen LogP contribution in [0.4, 0.5) is 11.4 Å². The number of nitrogens with one attached hydrogen (secondary N) is 3. The molecule has 0 fully saturated rings. The lowest BCUT2D eigenvalue weighted by atomic mass is 9.88. The van der Waals surface area contributed by atoms with Crippen molar-refractivity contribution in [1.82, 2.24) is 5.32 Å². The molecule has 0 aliphatic carbocycles. The number of hydrogen-bond donors (Lipinski definition) is 4. The summed E-state index contributed by atoms with van der Waals surface area (Å²) in [6, 6.07) is 28.7. The molecule has 6 rings (SSSR count). The Bertz CT molecular complexity index is 1470. The monoisotopic (exact) mass is 503 g/mol. The summed E-state index contributed by atoms with van der Waals surface area (Å²) in [5.74, 6) is 0.218. The number of phenols is 1. The molecule has 38 heavy (non-hydrogen) atoms. The van der Waals surface area contributed by atoms with E-state index in [9.17, 15) is 9.90 Å². The first-order valence-electron chi connectivity index (χ1n) is 13.4. The molecule has 0 bridgehead atoms. The van der Waals surface area contributed by atoms with Crippen LogP contribution in [0.15, 0.2) is 84.9 Å². The molecule has 1 amide bonds. The topological polar surface area (TPSA) is 73.4 Å². The highest BCUT2D eigenvalue weighted by molar-refractivity contribution is 5.88. The predicted octanol–water partition coefficient (Wildman–Crippen LogP) is 5.89. The van der Waals surface area contributed by atoms with Gasteiger partial charge in [0.25, 0.3) is 0 Å². The minimum atomic E-state index is -0.347. The standard InChI is InChI=1S/C33H33N3O2/c1-21-14-26(37)19-30-27(21)20-31(35-30)33(38)36-29-12-13-34-32-25(16-23-10-6-3-7-11-23)17-24(18-28(29)32)15-22-8-4-2-5-9-22/h2-11,14,17-19,29,31,34-35,37H,12-13,15-16,20H2,1H3,(H,36,38). The molecule has 2 unspecified atom stereocenters. The van der Waals surface area contributed by atoms with Gasteiger partial charge >= 0.3 is 0 Å². The summed E-state index contributed by atoms with van der Waals surface area (Å²) in [5, 5.41) is 20.3. The summed E-state index contributed by atoms with van der Waals surface area (Å²) in [6.07, 6.45) is 3.14. The number of aromatic hydroxyl groups is 1. The van der Waals surface area contributed by atoms with Crippen LogP contribution in [0.3, 0.4) is 0 Å². The Balaban J connectivity index is 1.29. The number of carbonyl (C=O) groups is 1. The maximum Gasteiger partial charge on any atom is 0.243 e. The predicted molar refractivity (Wildman–Crippen MR) is 153 cm³/mol. The lowest BCUT2D eigenvalue weighted by molar-refractivity contribution is -0.122. The van der Waals surface area contributed by atoms with Crippen molar-refractivity contribution in [2.45, 2.75) is 44.7 Å². The van der Waals surface area contributed by atoms with E-state index in [0.29, 0.717) is 6.42 Å². The van der Waals surface area contributed by atoms with Crippen LogP contribution in [0.5, 0.6) is 5.75 Å². The summed E-state index contributed by atoms with van der Waals surface area (Å²) < 4.78 is 0. The molecule has 2 atom stereocenters. The third-order valence-electron chi connectivity index (χ3n) is 7.74. The third kappa shape index (κ3) is 4.97. The highest BCUT2D eigenvalue weighted by atomic mass is 16.3. The van der Waals surface area contributed by atoms with Crippen LogP contribution in [-0.4, -0.2) is 23.6 Å². The molecular weight excluding hydrogens is 470 g/mol. The molecule has 5 nitrogen and oxygen atoms in total. The van der Waals surface area contributed by atoms with Gasteiger partial charge in [-0.2, -0.15) is 0 Å². The first kappa shape index (κ1) is 24.1. The van der Waals surface area contributed by atoms with Crippen molar-refractivity contribution in [2.75, 3.05) is 17.2 Å². The van der Waals surface area contributed by atoms with Crippen molar-refractivity contribution in [2.24, 2.45) is 0 Å². The molecule has 0 radical (unpaired) electrons. The van der Waals surface area contributed by atoms with Crippen LogP contribution in [0.1, 0.15) is 51.4 Å². The van der Waals surface area contributed by atoms with Crippen LogP contribution in [0, 0.1) is 6.92 Å². The average Bonchev–Trinajstić information content (AvgIpc) is 3.35. The van der Waals surface area contributed by atoms with Gasteiger partial charge in [-0.25, -0.2) is 0 Å². The van der Waals surface area contributed by atoms with Gasteiger partial charge in [0, 0.05) is 30.4 Å². The van der Waals surface area contributed by atoms with Crippen LogP contribution < -0.4 is 16.0 Å². The van der Waals surface area contributed by atoms with Crippen molar-refractivity contribution >= 4 is 17.3 Å². The second kappa shape index (κ2) is 10.3. The van der Waals surface area contributed by atoms with Gasteiger partial charge in [0.05, 0.1) is 6.04 Å². The van der Waals surface area contributed by atoms with E-state index < -0.39 is 0 Å². The largest absolute Gasteiger partial charge is 0.508 e. The lowest BCUT2D eigenvalue weighted by Gasteiger charge is -2.31. The van der Waals surface area contributed by atoms with Gasteiger partial charge in [-0.05, 0) is 71.2 Å². The molecule has 0 saturated heterocycles. The molecule has 5 heteroatoms. The van der Waals surface area contributed by atoms with Crippen LogP contribution >= 0.6 is 0 Å². The first-order chi connectivity index (χ1) is 18.5. The maximum absolute atomic E-state index is 13.5. The second-order valence-electron chi connectivity index (χ2n) is 10.5. The molecule has 0 aromatic heterocycles. The Labute approximate surface area is 223 Å². The fourth-order valence-electron chi connectivity index (χ4n) is 5.89. The van der Waals surface area contributed by atoms with E-state index in [4.69, 9.17) is 0 Å². The molecular formula is C33H33N3O2. The zero-order chi connectivity index (χ0) is 26.1. The summed E-state index contributed by atoms with van der Waals surface area (Å²) in [4.78, 5) is 13.5. The van der Waals surface area contributed by atoms with Crippen LogP contribution in [0.25, 0.3) is 0 Å². The molecule has 2 aliphatic heterocycles. The summed E-state index contributed by atoms with van der Waals surface area (Å²) in [7, 11) is 0. The lowest BCUT2D eigenvalue weighted by Crippen LogP contribution is -2.42. The smallest absolute Gasteiger partial charge is 0.243 e. The van der Waals surface area contributed by atoms with E-state index in [2.05, 4.69) is 76.6 Å². The zero-order valence-electron chi connectivity index (χ0n) is 21.6. The number of anilines is 2. The van der Waals surface area contributed by atoms with Gasteiger partial charge in [0.15, 0.2) is 0 Å². The molecule has 192 valence electrons. The third-order valence-corrected chi connectivity index (χ3v) is 7.74. The van der Waals surface area contributed by atoms with Gasteiger partial charge in [-0.1, -0.05) is 72.8 Å². The Morgan fingerprint density at radius 3 is 2.37 bits per heavy atom. The number of phenolic OH excluding ortho intramolecular Hbond substituents is 1. The number of benzene rings is 4. The molecule has 0 spiro atoms. The van der Waals surface area contributed by atoms with Crippen molar-refractivity contribution in [1.29, 1.82) is 0 Å². The van der Waals surface area contributed by atoms with E-state index in [1.165, 1.54) is 22.3 Å². The van der Waals surface area contributed by atoms with Crippen molar-refractivity contribution in [3.63, 3.8) is 0 Å². The van der Waals surface area contributed by atoms with Crippen molar-refractivity contribution in [3.8, 4) is 5.75 Å². The van der Waals surface area contributed by atoms with Crippen LogP contribution in [0.2, 0.25) is 0 Å². The zero-order valence-corrected chi connectivity index (χ0v) is 21.6. The SMILES string of the molecule is Cc1cc(O)cc2c1CC(C(=O)NC1CCNc3c(Cc4ccccc4)cc(Cc4ccccc4)cc31)N2. The van der Waals surface area contributed by atoms with Gasteiger partial charge in [-0.3, -0.25) is 4.79 Å². The van der Waals surface area contributed by atoms with Gasteiger partial charge in [0.1, 0.15) is 11.8 Å². The Hall–Kier alpha value is -4.25. The van der Waals surface area contributed by atoms with Gasteiger partial charge in [0.2, 0.25) is 5.91 Å². The number of fused-ring (bicyclic) bond motifs is 2. The number of aryl methyl sites for hydroxylation is 1. The normalized spacial score (nSPS) is 17.6. The molecule has 4 aromatic carbocycles. The summed E-state index contributed by atoms with van der Waals surface area (Å²) >= 11 is 0. The second-order valence-corrected chi connectivity index (χ2v) is 10.5. The highest BCUT2D eigenvalue weighted by Gasteiger charge is 2.31. The molecule has 4 aromatic rings. The number of carbonyl (C=O) groups excluding carboxylic acids is 1. The molecule has 0 saturated carbocycles. The minimum Gasteiger partial charge on any atom is -0.508 e. The number of hydrogen-bond acceptors (Lipinski definition) is 4. The maximum atomic E-state index is 13.5. The summed E-state index contributed by atoms with van der Waals surface area (Å²) in [5.41, 5.74) is 10.3. The van der Waals surface area contributed by atoms with E-state index >= 15 is 0 Å². The number of rotatable bonds is 6. The van der Waals surface area contributed by atoms with Crippen molar-refractivity contribution in [3.05, 3.63) is 124 Å². The van der Waals surface area contributed by atoms with Gasteiger partial charge < -0.3 is 21.1 Å². The van der Waals surface area contributed by atoms with Crippen molar-refractivity contribution < 1.29 is 9.90 Å². The summed E-state index contributed by atoms with van der Waals surface area (Å²) in [6.45, 7) is 2.79. The molecule has 2 heterocycles. The fraction of sp³-hybridized carbons (Fsp3) is 0.242. The Morgan fingerprint density at radius 1 is 0.921 bits per heavy atom. The van der Waals surface area contributed by atoms with E-state index in [1.54, 1.807) is 12.1 Å². The highest BCUT2D eigenvalue weighted by Crippen LogP contribution is 2.37. The first-order valence-corrected chi connectivity index (χ1v) is 13.4. The Morgan fingerprint density at radius 2 is 1.63 bits per heavy atom. The number of amides is 1. The minimum absolute atomic E-state index is 0.00369. The van der Waals surface area contributed by atoms with Gasteiger partial charge in [-0.15, -0.1) is 0 Å². The van der Waals surface area contributed by atoms with E-state index in [1.807, 2.05) is 19.1 Å². The average molecular weight is 504 g/mol. The Kier molecular flexibility index (Phi) is 6.50. The van der Waals surface area contributed by atoms with E-state index in [-0.39, 0.29) is 23.7 Å². The quantitative estimate of drug-likeness (QED) is 0.265. The van der Waals surface area contributed by atoms with Crippen LogP contribution in [-0.2, 0) is 24.1 Å². The molecule has 4 N–H and O–H groups in total. The van der Waals surface area contributed by atoms with E-state index in [0.717, 1.165) is 53.9 Å².